The van der Waals surface area contributed by atoms with Crippen LogP contribution in [-0.2, 0) is 10.0 Å². The van der Waals surface area contributed by atoms with Crippen LogP contribution in [0.15, 0.2) is 121 Å². The zero-order chi connectivity index (χ0) is 22.6. The van der Waals surface area contributed by atoms with Gasteiger partial charge < -0.3 is 9.74 Å². The Morgan fingerprint density at radius 2 is 1.09 bits per heavy atom. The molecule has 3 heteroatoms. The molecular weight excluding hydrogens is 418 g/mol. The Morgan fingerprint density at radius 3 is 1.48 bits per heavy atom. The van der Waals surface area contributed by atoms with Crippen molar-refractivity contribution in [1.29, 1.82) is 0 Å². The molecule has 5 rings (SSSR count). The van der Waals surface area contributed by atoms with Gasteiger partial charge in [0.15, 0.2) is 0 Å². The van der Waals surface area contributed by atoms with Crippen LogP contribution in [0, 0.1) is 0 Å². The first kappa shape index (κ1) is 21.8. The highest BCUT2D eigenvalue weighted by molar-refractivity contribution is 6.96. The quantitative estimate of drug-likeness (QED) is 0.397. The molecule has 1 aliphatic rings. The predicted molar refractivity (Wildman–Crippen MR) is 140 cm³/mol. The Balaban J connectivity index is 1.77. The molecule has 1 atom stereocenters. The Labute approximate surface area is 198 Å². The Kier molecular flexibility index (Phi) is 6.27. The molecule has 2 nitrogen and oxygen atoms in total. The van der Waals surface area contributed by atoms with Crippen molar-refractivity contribution in [2.75, 3.05) is 6.54 Å². The summed E-state index contributed by atoms with van der Waals surface area (Å²) in [6.07, 6.45) is 2.24. The molecule has 0 saturated carbocycles. The molecule has 1 unspecified atom stereocenters. The van der Waals surface area contributed by atoms with Crippen molar-refractivity contribution in [3.63, 3.8) is 0 Å². The van der Waals surface area contributed by atoms with Crippen LogP contribution in [0.2, 0.25) is 6.55 Å². The van der Waals surface area contributed by atoms with E-state index in [4.69, 9.17) is 4.43 Å². The van der Waals surface area contributed by atoms with Gasteiger partial charge in [0.1, 0.15) is 5.60 Å². The molecular formula is C30H31NOSi. The summed E-state index contributed by atoms with van der Waals surface area (Å²) in [7, 11) is -2.61. The highest BCUT2D eigenvalue weighted by atomic mass is 28.4. The first-order valence-corrected chi connectivity index (χ1v) is 14.3. The average Bonchev–Trinajstić information content (AvgIpc) is 3.45. The van der Waals surface area contributed by atoms with Crippen LogP contribution in [0.5, 0.6) is 0 Å². The van der Waals surface area contributed by atoms with Crippen molar-refractivity contribution in [3.05, 3.63) is 132 Å². The summed E-state index contributed by atoms with van der Waals surface area (Å²) >= 11 is 0. The minimum absolute atomic E-state index is 0.196. The third-order valence-electron chi connectivity index (χ3n) is 6.97. The molecule has 0 bridgehead atoms. The van der Waals surface area contributed by atoms with Gasteiger partial charge >= 0.3 is 0 Å². The molecule has 1 fully saturated rings. The molecule has 1 aliphatic heterocycles. The number of benzene rings is 4. The first-order chi connectivity index (χ1) is 16.2. The van der Waals surface area contributed by atoms with Crippen molar-refractivity contribution in [2.24, 2.45) is 0 Å². The number of hydrogen-bond acceptors (Lipinski definition) is 2. The van der Waals surface area contributed by atoms with E-state index in [-0.39, 0.29) is 6.04 Å². The zero-order valence-corrected chi connectivity index (χ0v) is 20.2. The summed E-state index contributed by atoms with van der Waals surface area (Å²) < 4.78 is 7.73. The minimum Gasteiger partial charge on any atom is -0.393 e. The predicted octanol–water partition coefficient (Wildman–Crippen LogP) is 5.09. The Bertz CT molecular complexity index is 1060. The van der Waals surface area contributed by atoms with Crippen LogP contribution in [0.1, 0.15) is 24.0 Å². The summed E-state index contributed by atoms with van der Waals surface area (Å²) in [6, 6.07) is 43.5. The summed E-state index contributed by atoms with van der Waals surface area (Å²) in [6.45, 7) is 3.37. The van der Waals surface area contributed by atoms with Gasteiger partial charge in [-0.15, -0.1) is 0 Å². The molecule has 4 aromatic carbocycles. The van der Waals surface area contributed by atoms with E-state index in [1.54, 1.807) is 0 Å². The second-order valence-electron chi connectivity index (χ2n) is 8.98. The van der Waals surface area contributed by atoms with Crippen molar-refractivity contribution in [3.8, 4) is 0 Å². The molecule has 0 aliphatic carbocycles. The van der Waals surface area contributed by atoms with Crippen LogP contribution in [-0.4, -0.2) is 20.9 Å². The molecule has 4 aromatic rings. The van der Waals surface area contributed by atoms with Gasteiger partial charge in [-0.05, 0) is 47.4 Å². The van der Waals surface area contributed by atoms with Crippen LogP contribution >= 0.6 is 0 Å². The second kappa shape index (κ2) is 9.48. The van der Waals surface area contributed by atoms with Crippen molar-refractivity contribution in [2.45, 2.75) is 31.0 Å². The van der Waals surface area contributed by atoms with Crippen LogP contribution in [0.4, 0.5) is 0 Å². The first-order valence-electron chi connectivity index (χ1n) is 11.9. The molecule has 0 aromatic heterocycles. The van der Waals surface area contributed by atoms with Crippen molar-refractivity contribution in [1.82, 2.24) is 5.32 Å². The van der Waals surface area contributed by atoms with Gasteiger partial charge in [0.2, 0.25) is 0 Å². The lowest BCUT2D eigenvalue weighted by Gasteiger charge is -2.46. The number of hydrogen-bond donors (Lipinski definition) is 1. The third-order valence-corrected chi connectivity index (χ3v) is 10.6. The maximum absolute atomic E-state index is 7.73. The maximum atomic E-state index is 7.73. The van der Waals surface area contributed by atoms with Crippen LogP contribution in [0.3, 0.4) is 0 Å². The van der Waals surface area contributed by atoms with E-state index in [2.05, 4.69) is 133 Å². The summed E-state index contributed by atoms with van der Waals surface area (Å²) in [5, 5.41) is 6.38. The molecule has 33 heavy (non-hydrogen) atoms. The topological polar surface area (TPSA) is 21.3 Å². The van der Waals surface area contributed by atoms with E-state index >= 15 is 0 Å². The van der Waals surface area contributed by atoms with Gasteiger partial charge in [0.05, 0.1) is 0 Å². The second-order valence-corrected chi connectivity index (χ2v) is 12.4. The smallest absolute Gasteiger partial charge is 0.254 e. The van der Waals surface area contributed by atoms with Crippen LogP contribution in [0.25, 0.3) is 0 Å². The fraction of sp³-hybridized carbons (Fsp3) is 0.200. The van der Waals surface area contributed by atoms with E-state index in [0.717, 1.165) is 19.4 Å². The fourth-order valence-electron chi connectivity index (χ4n) is 5.28. The number of rotatable bonds is 7. The summed E-state index contributed by atoms with van der Waals surface area (Å²) in [4.78, 5) is 0. The Hall–Kier alpha value is -2.98. The van der Waals surface area contributed by atoms with Gasteiger partial charge in [-0.3, -0.25) is 0 Å². The van der Waals surface area contributed by atoms with Gasteiger partial charge in [0, 0.05) is 6.04 Å². The lowest BCUT2D eigenvalue weighted by Crippen LogP contribution is -2.65. The van der Waals surface area contributed by atoms with E-state index in [0.29, 0.717) is 0 Å². The lowest BCUT2D eigenvalue weighted by atomic mass is 9.79. The van der Waals surface area contributed by atoms with E-state index in [9.17, 15) is 0 Å². The highest BCUT2D eigenvalue weighted by Gasteiger charge is 2.50. The fourth-order valence-corrected chi connectivity index (χ4v) is 8.53. The van der Waals surface area contributed by atoms with Gasteiger partial charge in [-0.25, -0.2) is 0 Å². The molecule has 0 spiro atoms. The normalized spacial score (nSPS) is 16.6. The standard InChI is InChI=1S/C30H31NOSi/c1-33(27-19-10-4-11-20-27,28-21-12-5-13-22-28)32-30(29-23-14-24-31-29,25-15-6-2-7-16-25)26-17-8-3-9-18-26/h2-13,15-22,29,31H,14,23-24H2,1H3. The van der Waals surface area contributed by atoms with Gasteiger partial charge in [-0.1, -0.05) is 121 Å². The summed E-state index contributed by atoms with van der Waals surface area (Å²) in [5.41, 5.74) is 1.83. The summed E-state index contributed by atoms with van der Waals surface area (Å²) in [5.74, 6) is 0. The van der Waals surface area contributed by atoms with E-state index in [1.165, 1.54) is 21.5 Å². The van der Waals surface area contributed by atoms with Gasteiger partial charge in [0.25, 0.3) is 8.32 Å². The maximum Gasteiger partial charge on any atom is 0.254 e. The number of nitrogens with one attached hydrogen (secondary N) is 1. The molecule has 0 amide bonds. The average molecular weight is 450 g/mol. The lowest BCUT2D eigenvalue weighted by molar-refractivity contribution is 0.0679. The zero-order valence-electron chi connectivity index (χ0n) is 19.2. The van der Waals surface area contributed by atoms with E-state index < -0.39 is 13.9 Å². The van der Waals surface area contributed by atoms with Gasteiger partial charge in [-0.2, -0.15) is 0 Å². The largest absolute Gasteiger partial charge is 0.393 e. The molecule has 1 heterocycles. The van der Waals surface area contributed by atoms with Crippen molar-refractivity contribution >= 4 is 18.7 Å². The van der Waals surface area contributed by atoms with E-state index in [1.807, 2.05) is 0 Å². The molecule has 1 N–H and O–H groups in total. The SMILES string of the molecule is C[Si](OC(c1ccccc1)(c1ccccc1)C1CCCN1)(c1ccccc1)c1ccccc1. The Morgan fingerprint density at radius 1 is 0.667 bits per heavy atom. The molecule has 166 valence electrons. The monoisotopic (exact) mass is 449 g/mol. The highest BCUT2D eigenvalue weighted by Crippen LogP contribution is 2.42. The van der Waals surface area contributed by atoms with Crippen molar-refractivity contribution < 1.29 is 4.43 Å². The molecule has 1 saturated heterocycles. The minimum atomic E-state index is -2.61. The third kappa shape index (κ3) is 4.08. The van der Waals surface area contributed by atoms with Crippen LogP contribution < -0.4 is 15.7 Å². The molecule has 0 radical (unpaired) electrons.